The van der Waals surface area contributed by atoms with E-state index in [0.29, 0.717) is 13.2 Å². The fourth-order valence-corrected chi connectivity index (χ4v) is 5.72. The Bertz CT molecular complexity index is 1150. The van der Waals surface area contributed by atoms with Gasteiger partial charge >= 0.3 is 0 Å². The molecule has 0 N–H and O–H groups in total. The molecule has 4 heterocycles. The van der Waals surface area contributed by atoms with Gasteiger partial charge in [-0.1, -0.05) is 12.1 Å². The molecule has 1 aromatic carbocycles. The molecule has 7 nitrogen and oxygen atoms in total. The number of carbonyl (C=O) groups is 1. The molecule has 9 heteroatoms. The number of morpholine rings is 1. The van der Waals surface area contributed by atoms with Crippen LogP contribution in [0.5, 0.6) is 0 Å². The van der Waals surface area contributed by atoms with Crippen LogP contribution in [0.15, 0.2) is 24.3 Å². The van der Waals surface area contributed by atoms with Crippen LogP contribution in [0.1, 0.15) is 15.9 Å². The van der Waals surface area contributed by atoms with Crippen molar-refractivity contribution in [3.8, 4) is 10.4 Å². The Morgan fingerprint density at radius 3 is 2.59 bits per heavy atom. The molecule has 0 radical (unpaired) electrons. The van der Waals surface area contributed by atoms with E-state index in [1.165, 1.54) is 0 Å². The van der Waals surface area contributed by atoms with Crippen molar-refractivity contribution in [2.45, 2.75) is 6.92 Å². The minimum absolute atomic E-state index is 0.0931. The maximum atomic E-state index is 13.1. The second-order valence-corrected chi connectivity index (χ2v) is 9.68. The van der Waals surface area contributed by atoms with Gasteiger partial charge in [-0.05, 0) is 48.8 Å². The van der Waals surface area contributed by atoms with E-state index in [1.54, 1.807) is 11.3 Å². The van der Waals surface area contributed by atoms with Gasteiger partial charge in [0.05, 0.1) is 23.4 Å². The van der Waals surface area contributed by atoms with Crippen molar-refractivity contribution >= 4 is 44.9 Å². The minimum atomic E-state index is 0.0931. The summed E-state index contributed by atoms with van der Waals surface area (Å²) in [7, 11) is 2.09. The molecule has 0 aliphatic carbocycles. The molecule has 3 aromatic rings. The first kappa shape index (κ1) is 21.6. The van der Waals surface area contributed by atoms with Crippen molar-refractivity contribution in [1.29, 1.82) is 0 Å². The quantitative estimate of drug-likeness (QED) is 0.544. The van der Waals surface area contributed by atoms with Gasteiger partial charge in [0.1, 0.15) is 0 Å². The highest BCUT2D eigenvalue weighted by atomic mass is 35.5. The summed E-state index contributed by atoms with van der Waals surface area (Å²) in [4.78, 5) is 29.7. The van der Waals surface area contributed by atoms with Crippen molar-refractivity contribution in [2.24, 2.45) is 0 Å². The molecule has 0 spiro atoms. The van der Waals surface area contributed by atoms with E-state index in [2.05, 4.69) is 39.8 Å². The Balaban J connectivity index is 1.52. The van der Waals surface area contributed by atoms with Gasteiger partial charge in [-0.15, -0.1) is 11.3 Å². The van der Waals surface area contributed by atoms with Crippen LogP contribution in [0.2, 0.25) is 5.28 Å². The van der Waals surface area contributed by atoms with Crippen LogP contribution in [-0.4, -0.2) is 85.2 Å². The molecule has 0 unspecified atom stereocenters. The van der Waals surface area contributed by atoms with Gasteiger partial charge in [0.25, 0.3) is 5.91 Å². The molecule has 168 valence electrons. The SMILES string of the molecule is Cc1c(-c2cccc(C(=O)N3CCN(C)CC3)c2)sc2c(N3CCOCC3)nc(Cl)nc12. The lowest BCUT2D eigenvalue weighted by molar-refractivity contribution is 0.0664. The number of hydrogen-bond acceptors (Lipinski definition) is 7. The molecule has 2 aromatic heterocycles. The van der Waals surface area contributed by atoms with Gasteiger partial charge in [-0.3, -0.25) is 4.79 Å². The summed E-state index contributed by atoms with van der Waals surface area (Å²) in [6.07, 6.45) is 0. The highest BCUT2D eigenvalue weighted by molar-refractivity contribution is 7.23. The Morgan fingerprint density at radius 2 is 1.84 bits per heavy atom. The minimum Gasteiger partial charge on any atom is -0.378 e. The number of piperazine rings is 1. The maximum absolute atomic E-state index is 13.1. The molecule has 0 saturated carbocycles. The fourth-order valence-electron chi connectivity index (χ4n) is 4.30. The summed E-state index contributed by atoms with van der Waals surface area (Å²) < 4.78 is 6.53. The van der Waals surface area contributed by atoms with Crippen LogP contribution in [0, 0.1) is 6.92 Å². The predicted octanol–water partition coefficient (Wildman–Crippen LogP) is 3.54. The Labute approximate surface area is 196 Å². The monoisotopic (exact) mass is 471 g/mol. The van der Waals surface area contributed by atoms with Crippen LogP contribution < -0.4 is 4.90 Å². The first-order valence-corrected chi connectivity index (χ1v) is 12.1. The molecule has 2 fully saturated rings. The molecular weight excluding hydrogens is 446 g/mol. The number of ether oxygens (including phenoxy) is 1. The zero-order valence-corrected chi connectivity index (χ0v) is 19.9. The summed E-state index contributed by atoms with van der Waals surface area (Å²) in [5.74, 6) is 0.961. The Kier molecular flexibility index (Phi) is 6.03. The van der Waals surface area contributed by atoms with Crippen molar-refractivity contribution in [3.63, 3.8) is 0 Å². The maximum Gasteiger partial charge on any atom is 0.253 e. The average molecular weight is 472 g/mol. The van der Waals surface area contributed by atoms with Gasteiger partial charge in [0.15, 0.2) is 5.82 Å². The molecule has 1 amide bonds. The lowest BCUT2D eigenvalue weighted by atomic mass is 10.1. The Hall–Kier alpha value is -2.26. The summed E-state index contributed by atoms with van der Waals surface area (Å²) in [5, 5.41) is 0.255. The van der Waals surface area contributed by atoms with Crippen molar-refractivity contribution in [1.82, 2.24) is 19.8 Å². The van der Waals surface area contributed by atoms with E-state index in [1.807, 2.05) is 23.1 Å². The highest BCUT2D eigenvalue weighted by Gasteiger charge is 2.24. The molecular formula is C23H26ClN5O2S. The zero-order valence-electron chi connectivity index (χ0n) is 18.3. The number of rotatable bonds is 3. The van der Waals surface area contributed by atoms with Crippen LogP contribution in [0.25, 0.3) is 20.7 Å². The first-order chi connectivity index (χ1) is 15.5. The second-order valence-electron chi connectivity index (χ2n) is 8.33. The number of thiophene rings is 1. The summed E-state index contributed by atoms with van der Waals surface area (Å²) in [5.41, 5.74) is 3.69. The number of likely N-dealkylation sites (N-methyl/N-ethyl adjacent to an activating group) is 1. The average Bonchev–Trinajstić information content (AvgIpc) is 3.15. The lowest BCUT2D eigenvalue weighted by Gasteiger charge is -2.32. The lowest BCUT2D eigenvalue weighted by Crippen LogP contribution is -2.47. The molecule has 5 rings (SSSR count). The molecule has 32 heavy (non-hydrogen) atoms. The van der Waals surface area contributed by atoms with Gasteiger partial charge in [-0.25, -0.2) is 4.98 Å². The van der Waals surface area contributed by atoms with Gasteiger partial charge in [0.2, 0.25) is 5.28 Å². The number of nitrogens with zero attached hydrogens (tertiary/aromatic N) is 5. The van der Waals surface area contributed by atoms with E-state index in [9.17, 15) is 4.79 Å². The van der Waals surface area contributed by atoms with Crippen molar-refractivity contribution in [2.75, 3.05) is 64.4 Å². The molecule has 0 bridgehead atoms. The number of halogens is 1. The molecule has 0 atom stereocenters. The van der Waals surface area contributed by atoms with Crippen LogP contribution in [0.3, 0.4) is 0 Å². The highest BCUT2D eigenvalue weighted by Crippen LogP contribution is 2.41. The third-order valence-corrected chi connectivity index (χ3v) is 7.69. The van der Waals surface area contributed by atoms with Crippen LogP contribution in [0.4, 0.5) is 5.82 Å². The second kappa shape index (κ2) is 8.94. The largest absolute Gasteiger partial charge is 0.378 e. The topological polar surface area (TPSA) is 61.8 Å². The number of aryl methyl sites for hydroxylation is 1. The fraction of sp³-hybridized carbons (Fsp3) is 0.435. The third-order valence-electron chi connectivity index (χ3n) is 6.19. The standard InChI is InChI=1S/C23H26ClN5O2S/c1-15-18-20(21(26-23(24)25-18)28-10-12-31-13-11-28)32-19(15)16-4-3-5-17(14-16)22(30)29-8-6-27(2)7-9-29/h3-5,14H,6-13H2,1-2H3. The first-order valence-electron chi connectivity index (χ1n) is 10.9. The number of aromatic nitrogens is 2. The van der Waals surface area contributed by atoms with Gasteiger partial charge in [0, 0.05) is 49.7 Å². The van der Waals surface area contributed by atoms with Crippen molar-refractivity contribution in [3.05, 3.63) is 40.7 Å². The predicted molar refractivity (Wildman–Crippen MR) is 129 cm³/mol. The number of fused-ring (bicyclic) bond motifs is 1. The van der Waals surface area contributed by atoms with Gasteiger partial charge in [-0.2, -0.15) is 4.98 Å². The number of benzene rings is 1. The zero-order chi connectivity index (χ0) is 22.2. The van der Waals surface area contributed by atoms with E-state index in [4.69, 9.17) is 16.3 Å². The summed E-state index contributed by atoms with van der Waals surface area (Å²) in [6, 6.07) is 7.93. The molecule has 2 aliphatic heterocycles. The summed E-state index contributed by atoms with van der Waals surface area (Å²) in [6.45, 7) is 8.32. The van der Waals surface area contributed by atoms with Crippen LogP contribution >= 0.6 is 22.9 Å². The molecule has 2 aliphatic rings. The summed E-state index contributed by atoms with van der Waals surface area (Å²) >= 11 is 7.97. The van der Waals surface area contributed by atoms with E-state index >= 15 is 0 Å². The molecule has 2 saturated heterocycles. The van der Waals surface area contributed by atoms with Crippen molar-refractivity contribution < 1.29 is 9.53 Å². The van der Waals surface area contributed by atoms with E-state index in [0.717, 1.165) is 76.9 Å². The Morgan fingerprint density at radius 1 is 1.09 bits per heavy atom. The number of anilines is 1. The number of carbonyl (C=O) groups excluding carboxylic acids is 1. The number of hydrogen-bond donors (Lipinski definition) is 0. The van der Waals surface area contributed by atoms with Crippen LogP contribution in [-0.2, 0) is 4.74 Å². The number of amides is 1. The van der Waals surface area contributed by atoms with E-state index < -0.39 is 0 Å². The van der Waals surface area contributed by atoms with Gasteiger partial charge < -0.3 is 19.4 Å². The normalized spacial score (nSPS) is 17.8. The smallest absolute Gasteiger partial charge is 0.253 e. The third kappa shape index (κ3) is 4.08. The van der Waals surface area contributed by atoms with E-state index in [-0.39, 0.29) is 11.2 Å².